The molecule has 0 saturated heterocycles. The minimum atomic E-state index is -0.255. The molecule has 1 fully saturated rings. The monoisotopic (exact) mass is 575 g/mol. The number of rotatable bonds is 10. The van der Waals surface area contributed by atoms with Crippen LogP contribution < -0.4 is 15.6 Å². The van der Waals surface area contributed by atoms with E-state index in [9.17, 15) is 9.59 Å². The number of anilines is 1. The third-order valence-electron chi connectivity index (χ3n) is 8.18. The Labute approximate surface area is 251 Å². The average molecular weight is 576 g/mol. The highest BCUT2D eigenvalue weighted by molar-refractivity contribution is 5.96. The molecule has 1 aliphatic rings. The van der Waals surface area contributed by atoms with Gasteiger partial charge in [-0.2, -0.15) is 5.10 Å². The summed E-state index contributed by atoms with van der Waals surface area (Å²) in [7, 11) is 1.82. The van der Waals surface area contributed by atoms with E-state index < -0.39 is 0 Å². The molecular formula is C35H37N5O3. The highest BCUT2D eigenvalue weighted by Crippen LogP contribution is 2.51. The van der Waals surface area contributed by atoms with Gasteiger partial charge >= 0.3 is 0 Å². The Hall–Kier alpha value is -4.85. The van der Waals surface area contributed by atoms with Crippen molar-refractivity contribution >= 4 is 11.6 Å². The molecule has 8 nitrogen and oxygen atoms in total. The van der Waals surface area contributed by atoms with Gasteiger partial charge in [-0.15, -0.1) is 0 Å². The molecule has 2 atom stereocenters. The summed E-state index contributed by atoms with van der Waals surface area (Å²) in [6.07, 6.45) is 3.72. The number of benzene rings is 3. The predicted molar refractivity (Wildman–Crippen MR) is 169 cm³/mol. The standard InChI is InChI=1S/C35H37N5O3/c1-23(2)19-20-43-28-17-15-25(16-18-28)33-31(22-39(37-33)26-11-7-5-8-12-26)29-21-30(29)34(41)36-32-24(3)38(4)40(35(32)42)27-13-9-6-10-14-27/h5-18,22-23,29-30H,19-21H2,1-4H3,(H,36,41). The lowest BCUT2D eigenvalue weighted by Gasteiger charge is -2.09. The van der Waals surface area contributed by atoms with Gasteiger partial charge in [-0.05, 0) is 74.2 Å². The van der Waals surface area contributed by atoms with Crippen molar-refractivity contribution < 1.29 is 9.53 Å². The topological polar surface area (TPSA) is 83.1 Å². The molecule has 0 spiro atoms. The fraction of sp³-hybridized carbons (Fsp3) is 0.286. The largest absolute Gasteiger partial charge is 0.494 e. The molecule has 43 heavy (non-hydrogen) atoms. The Morgan fingerprint density at radius 3 is 2.28 bits per heavy atom. The first-order valence-electron chi connectivity index (χ1n) is 14.8. The fourth-order valence-electron chi connectivity index (χ4n) is 5.47. The molecule has 0 bridgehead atoms. The lowest BCUT2D eigenvalue weighted by Crippen LogP contribution is -2.23. The Morgan fingerprint density at radius 2 is 1.63 bits per heavy atom. The van der Waals surface area contributed by atoms with E-state index in [0.717, 1.165) is 40.4 Å². The van der Waals surface area contributed by atoms with E-state index >= 15 is 0 Å². The second-order valence-corrected chi connectivity index (χ2v) is 11.6. The van der Waals surface area contributed by atoms with Crippen LogP contribution in [-0.4, -0.2) is 31.7 Å². The Bertz CT molecular complexity index is 1780. The average Bonchev–Trinajstić information content (AvgIpc) is 3.65. The first-order valence-corrected chi connectivity index (χ1v) is 14.8. The van der Waals surface area contributed by atoms with E-state index in [2.05, 4.69) is 19.2 Å². The van der Waals surface area contributed by atoms with Gasteiger partial charge < -0.3 is 10.1 Å². The zero-order valence-corrected chi connectivity index (χ0v) is 25.0. The van der Waals surface area contributed by atoms with Crippen molar-refractivity contribution in [3.05, 3.63) is 113 Å². The van der Waals surface area contributed by atoms with Crippen LogP contribution in [0.2, 0.25) is 0 Å². The predicted octanol–water partition coefficient (Wildman–Crippen LogP) is 6.50. The van der Waals surface area contributed by atoms with Crippen LogP contribution in [0.25, 0.3) is 22.6 Å². The lowest BCUT2D eigenvalue weighted by molar-refractivity contribution is -0.117. The van der Waals surface area contributed by atoms with Crippen molar-refractivity contribution in [2.75, 3.05) is 11.9 Å². The summed E-state index contributed by atoms with van der Waals surface area (Å²) >= 11 is 0. The molecule has 1 aliphatic carbocycles. The van der Waals surface area contributed by atoms with E-state index in [4.69, 9.17) is 9.84 Å². The summed E-state index contributed by atoms with van der Waals surface area (Å²) in [5.41, 5.74) is 5.30. The van der Waals surface area contributed by atoms with Crippen LogP contribution in [0.1, 0.15) is 43.9 Å². The zero-order chi connectivity index (χ0) is 30.1. The van der Waals surface area contributed by atoms with Crippen molar-refractivity contribution in [2.24, 2.45) is 18.9 Å². The Morgan fingerprint density at radius 1 is 0.977 bits per heavy atom. The lowest BCUT2D eigenvalue weighted by atomic mass is 10.0. The van der Waals surface area contributed by atoms with E-state index in [0.29, 0.717) is 30.3 Å². The quantitative estimate of drug-likeness (QED) is 0.206. The van der Waals surface area contributed by atoms with E-state index in [1.165, 1.54) is 0 Å². The molecule has 8 heteroatoms. The summed E-state index contributed by atoms with van der Waals surface area (Å²) in [5, 5.41) is 7.94. The SMILES string of the molecule is Cc1c(NC(=O)C2CC2c2cn(-c3ccccc3)nc2-c2ccc(OCCC(C)C)cc2)c(=O)n(-c2ccccc2)n1C. The van der Waals surface area contributed by atoms with Crippen LogP contribution >= 0.6 is 0 Å². The molecule has 6 rings (SSSR count). The molecular weight excluding hydrogens is 538 g/mol. The molecule has 2 heterocycles. The molecule has 2 aromatic heterocycles. The van der Waals surface area contributed by atoms with Crippen molar-refractivity contribution in [1.29, 1.82) is 0 Å². The van der Waals surface area contributed by atoms with Crippen LogP contribution in [0.5, 0.6) is 5.75 Å². The summed E-state index contributed by atoms with van der Waals surface area (Å²) in [6.45, 7) is 6.90. The van der Waals surface area contributed by atoms with Crippen molar-refractivity contribution in [3.8, 4) is 28.4 Å². The van der Waals surface area contributed by atoms with E-state index in [1.807, 2.05) is 110 Å². The molecule has 3 aromatic carbocycles. The molecule has 0 radical (unpaired) electrons. The van der Waals surface area contributed by atoms with Gasteiger partial charge in [-0.1, -0.05) is 50.2 Å². The van der Waals surface area contributed by atoms with E-state index in [-0.39, 0.29) is 23.3 Å². The first kappa shape index (κ1) is 28.3. The van der Waals surface area contributed by atoms with Crippen molar-refractivity contribution in [3.63, 3.8) is 0 Å². The van der Waals surface area contributed by atoms with Gasteiger partial charge in [-0.25, -0.2) is 9.36 Å². The minimum absolute atomic E-state index is 0.00482. The molecule has 0 aliphatic heterocycles. The van der Waals surface area contributed by atoms with Gasteiger partial charge in [0.15, 0.2) is 0 Å². The van der Waals surface area contributed by atoms with Crippen molar-refractivity contribution in [1.82, 2.24) is 19.1 Å². The Balaban J connectivity index is 1.25. The highest BCUT2D eigenvalue weighted by atomic mass is 16.5. The molecule has 2 unspecified atom stereocenters. The van der Waals surface area contributed by atoms with Gasteiger partial charge in [0.05, 0.1) is 29.4 Å². The normalized spacial score (nSPS) is 15.9. The van der Waals surface area contributed by atoms with E-state index in [1.54, 1.807) is 9.36 Å². The summed E-state index contributed by atoms with van der Waals surface area (Å²) in [6, 6.07) is 27.4. The molecule has 220 valence electrons. The zero-order valence-electron chi connectivity index (χ0n) is 25.0. The maximum Gasteiger partial charge on any atom is 0.295 e. The number of nitrogens with one attached hydrogen (secondary N) is 1. The highest BCUT2D eigenvalue weighted by Gasteiger charge is 2.46. The van der Waals surface area contributed by atoms with Crippen molar-refractivity contribution in [2.45, 2.75) is 39.5 Å². The van der Waals surface area contributed by atoms with Crippen LogP contribution in [0.4, 0.5) is 5.69 Å². The molecule has 5 aromatic rings. The van der Waals surface area contributed by atoms with Gasteiger partial charge in [0, 0.05) is 36.2 Å². The second-order valence-electron chi connectivity index (χ2n) is 11.6. The van der Waals surface area contributed by atoms with Gasteiger partial charge in [0.1, 0.15) is 11.4 Å². The number of carbonyl (C=O) groups excluding carboxylic acids is 1. The van der Waals surface area contributed by atoms with Gasteiger partial charge in [0.25, 0.3) is 5.56 Å². The smallest absolute Gasteiger partial charge is 0.295 e. The summed E-state index contributed by atoms with van der Waals surface area (Å²) in [4.78, 5) is 26.9. The maximum atomic E-state index is 13.5. The van der Waals surface area contributed by atoms with Crippen LogP contribution in [0.15, 0.2) is 95.9 Å². The fourth-order valence-corrected chi connectivity index (χ4v) is 5.47. The van der Waals surface area contributed by atoms with Gasteiger partial charge in [0.2, 0.25) is 5.91 Å². The number of ether oxygens (including phenoxy) is 1. The minimum Gasteiger partial charge on any atom is -0.494 e. The van der Waals surface area contributed by atoms with Crippen LogP contribution in [0.3, 0.4) is 0 Å². The number of amides is 1. The Kier molecular flexibility index (Phi) is 7.76. The number of carbonyl (C=O) groups is 1. The first-order chi connectivity index (χ1) is 20.8. The number of hydrogen-bond donors (Lipinski definition) is 1. The second kappa shape index (κ2) is 11.8. The third-order valence-corrected chi connectivity index (χ3v) is 8.18. The van der Waals surface area contributed by atoms with Gasteiger partial charge in [-0.3, -0.25) is 14.3 Å². The number of para-hydroxylation sites is 2. The maximum absolute atomic E-state index is 13.5. The summed E-state index contributed by atoms with van der Waals surface area (Å²) in [5.74, 6) is 1.01. The van der Waals surface area contributed by atoms with Crippen LogP contribution in [-0.2, 0) is 11.8 Å². The molecule has 1 amide bonds. The molecule has 1 saturated carbocycles. The number of nitrogens with zero attached hydrogens (tertiary/aromatic N) is 4. The van der Waals surface area contributed by atoms with Crippen LogP contribution in [0, 0.1) is 18.8 Å². The third kappa shape index (κ3) is 5.78. The molecule has 1 N–H and O–H groups in total. The summed E-state index contributed by atoms with van der Waals surface area (Å²) < 4.78 is 11.2. The number of aromatic nitrogens is 4. The number of hydrogen-bond acceptors (Lipinski definition) is 4.